The number of pyridine rings is 1. The van der Waals surface area contributed by atoms with Gasteiger partial charge in [0.1, 0.15) is 5.82 Å². The molecule has 0 fully saturated rings. The summed E-state index contributed by atoms with van der Waals surface area (Å²) in [6, 6.07) is 20.4. The molecule has 4 nitrogen and oxygen atoms in total. The zero-order chi connectivity index (χ0) is 19.3. The first-order chi connectivity index (χ1) is 13.7. The zero-order valence-corrected chi connectivity index (χ0v) is 16.9. The van der Waals surface area contributed by atoms with E-state index in [0.717, 1.165) is 41.6 Å². The highest BCUT2D eigenvalue weighted by molar-refractivity contribution is 7.80. The molecular formula is C22H21ClN4S. The first-order valence-corrected chi connectivity index (χ1v) is 10.0. The smallest absolute Gasteiger partial charge is 0.171 e. The third-order valence-electron chi connectivity index (χ3n) is 4.86. The fourth-order valence-corrected chi connectivity index (χ4v) is 3.72. The molecule has 0 aliphatic carbocycles. The second-order valence-electron chi connectivity index (χ2n) is 6.74. The van der Waals surface area contributed by atoms with E-state index in [1.165, 1.54) is 11.1 Å². The number of benzene rings is 2. The van der Waals surface area contributed by atoms with Crippen molar-refractivity contribution in [2.24, 2.45) is 0 Å². The van der Waals surface area contributed by atoms with Gasteiger partial charge in [-0.25, -0.2) is 4.98 Å². The molecule has 0 atom stereocenters. The SMILES string of the molecule is S=C(NCc1ccccc1Cl)Nc1ccc(N2CCc3ccccc3C2)nc1. The van der Waals surface area contributed by atoms with Crippen molar-refractivity contribution in [3.8, 4) is 0 Å². The van der Waals surface area contributed by atoms with Crippen LogP contribution >= 0.6 is 23.8 Å². The first kappa shape index (κ1) is 18.7. The summed E-state index contributed by atoms with van der Waals surface area (Å²) >= 11 is 11.5. The highest BCUT2D eigenvalue weighted by atomic mass is 35.5. The predicted molar refractivity (Wildman–Crippen MR) is 120 cm³/mol. The van der Waals surface area contributed by atoms with Gasteiger partial charge in [-0.15, -0.1) is 0 Å². The normalized spacial score (nSPS) is 13.0. The molecule has 0 amide bonds. The largest absolute Gasteiger partial charge is 0.358 e. The summed E-state index contributed by atoms with van der Waals surface area (Å²) in [7, 11) is 0. The number of anilines is 2. The first-order valence-electron chi connectivity index (χ1n) is 9.25. The third-order valence-corrected chi connectivity index (χ3v) is 5.47. The Kier molecular flexibility index (Phi) is 5.74. The van der Waals surface area contributed by atoms with Crippen molar-refractivity contribution in [2.75, 3.05) is 16.8 Å². The molecule has 0 saturated heterocycles. The van der Waals surface area contributed by atoms with Gasteiger partial charge in [0.05, 0.1) is 11.9 Å². The molecule has 2 N–H and O–H groups in total. The van der Waals surface area contributed by atoms with E-state index >= 15 is 0 Å². The van der Waals surface area contributed by atoms with Crippen LogP contribution in [-0.2, 0) is 19.5 Å². The molecule has 28 heavy (non-hydrogen) atoms. The standard InChI is InChI=1S/C22H21ClN4S/c23-20-8-4-3-6-17(20)13-25-22(28)26-19-9-10-21(24-14-19)27-12-11-16-5-1-2-7-18(16)15-27/h1-10,14H,11-13,15H2,(H2,25,26,28). The van der Waals surface area contributed by atoms with E-state index in [-0.39, 0.29) is 0 Å². The Labute approximate surface area is 175 Å². The maximum atomic E-state index is 6.17. The van der Waals surface area contributed by atoms with Crippen molar-refractivity contribution < 1.29 is 0 Å². The lowest BCUT2D eigenvalue weighted by Gasteiger charge is -2.29. The Morgan fingerprint density at radius 3 is 2.61 bits per heavy atom. The highest BCUT2D eigenvalue weighted by Crippen LogP contribution is 2.23. The Bertz CT molecular complexity index is 974. The average Bonchev–Trinajstić information content (AvgIpc) is 2.73. The van der Waals surface area contributed by atoms with E-state index in [9.17, 15) is 0 Å². The summed E-state index contributed by atoms with van der Waals surface area (Å²) < 4.78 is 0. The molecule has 142 valence electrons. The van der Waals surface area contributed by atoms with Crippen LogP contribution in [0.15, 0.2) is 66.9 Å². The molecule has 4 rings (SSSR count). The summed E-state index contributed by atoms with van der Waals surface area (Å²) in [6.07, 6.45) is 2.87. The van der Waals surface area contributed by atoms with E-state index in [1.807, 2.05) is 42.6 Å². The lowest BCUT2D eigenvalue weighted by Crippen LogP contribution is -2.31. The minimum absolute atomic E-state index is 0.543. The van der Waals surface area contributed by atoms with Crippen LogP contribution in [0.25, 0.3) is 0 Å². The molecule has 2 aromatic carbocycles. The molecule has 0 unspecified atom stereocenters. The fraction of sp³-hybridized carbons (Fsp3) is 0.182. The van der Waals surface area contributed by atoms with Crippen LogP contribution in [0.5, 0.6) is 0 Å². The molecule has 0 spiro atoms. The van der Waals surface area contributed by atoms with E-state index in [1.54, 1.807) is 0 Å². The number of nitrogens with zero attached hydrogens (tertiary/aromatic N) is 2. The minimum atomic E-state index is 0.543. The van der Waals surface area contributed by atoms with Crippen LogP contribution in [0, 0.1) is 0 Å². The lowest BCUT2D eigenvalue weighted by molar-refractivity contribution is 0.721. The molecular weight excluding hydrogens is 388 g/mol. The molecule has 1 aliphatic rings. The van der Waals surface area contributed by atoms with Crippen molar-refractivity contribution in [1.82, 2.24) is 10.3 Å². The predicted octanol–water partition coefficient (Wildman–Crippen LogP) is 4.78. The molecule has 0 radical (unpaired) electrons. The summed E-state index contributed by atoms with van der Waals surface area (Å²) in [5.41, 5.74) is 4.68. The van der Waals surface area contributed by atoms with Gasteiger partial charge in [0.2, 0.25) is 0 Å². The molecule has 1 aromatic heterocycles. The summed E-state index contributed by atoms with van der Waals surface area (Å²) in [6.45, 7) is 2.45. The quantitative estimate of drug-likeness (QED) is 0.608. The Balaban J connectivity index is 1.33. The minimum Gasteiger partial charge on any atom is -0.358 e. The number of aromatic nitrogens is 1. The third kappa shape index (κ3) is 4.43. The van der Waals surface area contributed by atoms with E-state index in [4.69, 9.17) is 23.8 Å². The Morgan fingerprint density at radius 1 is 1.04 bits per heavy atom. The maximum Gasteiger partial charge on any atom is 0.171 e. The fourth-order valence-electron chi connectivity index (χ4n) is 3.33. The van der Waals surface area contributed by atoms with Crippen molar-refractivity contribution in [2.45, 2.75) is 19.5 Å². The second-order valence-corrected chi connectivity index (χ2v) is 7.56. The van der Waals surface area contributed by atoms with Crippen LogP contribution in [0.1, 0.15) is 16.7 Å². The van der Waals surface area contributed by atoms with E-state index in [2.05, 4.69) is 44.8 Å². The average molecular weight is 409 g/mol. The summed E-state index contributed by atoms with van der Waals surface area (Å²) in [5.74, 6) is 0.981. The lowest BCUT2D eigenvalue weighted by atomic mass is 10.00. The molecule has 0 saturated carbocycles. The summed E-state index contributed by atoms with van der Waals surface area (Å²) in [5, 5.41) is 7.62. The van der Waals surface area contributed by atoms with Gasteiger partial charge in [0.25, 0.3) is 0 Å². The zero-order valence-electron chi connectivity index (χ0n) is 15.4. The van der Waals surface area contributed by atoms with Gasteiger partial charge >= 0.3 is 0 Å². The number of nitrogens with one attached hydrogen (secondary N) is 2. The van der Waals surface area contributed by atoms with Crippen molar-refractivity contribution >= 4 is 40.4 Å². The molecule has 0 bridgehead atoms. The van der Waals surface area contributed by atoms with Gasteiger partial charge in [-0.1, -0.05) is 54.1 Å². The Hall–Kier alpha value is -2.63. The van der Waals surface area contributed by atoms with Crippen LogP contribution in [-0.4, -0.2) is 16.6 Å². The maximum absolute atomic E-state index is 6.17. The van der Waals surface area contributed by atoms with Crippen LogP contribution in [0.4, 0.5) is 11.5 Å². The van der Waals surface area contributed by atoms with Gasteiger partial charge in [0, 0.05) is 24.7 Å². The van der Waals surface area contributed by atoms with Gasteiger partial charge in [0.15, 0.2) is 5.11 Å². The van der Waals surface area contributed by atoms with Crippen LogP contribution in [0.2, 0.25) is 5.02 Å². The summed E-state index contributed by atoms with van der Waals surface area (Å²) in [4.78, 5) is 6.92. The second kappa shape index (κ2) is 8.59. The van der Waals surface area contributed by atoms with E-state index in [0.29, 0.717) is 11.7 Å². The van der Waals surface area contributed by atoms with Gasteiger partial charge in [-0.2, -0.15) is 0 Å². The molecule has 2 heterocycles. The monoisotopic (exact) mass is 408 g/mol. The Morgan fingerprint density at radius 2 is 1.82 bits per heavy atom. The topological polar surface area (TPSA) is 40.2 Å². The highest BCUT2D eigenvalue weighted by Gasteiger charge is 2.16. The number of rotatable bonds is 4. The number of hydrogen-bond donors (Lipinski definition) is 2. The van der Waals surface area contributed by atoms with Crippen molar-refractivity contribution in [1.29, 1.82) is 0 Å². The van der Waals surface area contributed by atoms with Crippen molar-refractivity contribution in [3.63, 3.8) is 0 Å². The van der Waals surface area contributed by atoms with Crippen molar-refractivity contribution in [3.05, 3.63) is 88.6 Å². The molecule has 6 heteroatoms. The molecule has 1 aliphatic heterocycles. The number of halogens is 1. The van der Waals surface area contributed by atoms with Crippen LogP contribution < -0.4 is 15.5 Å². The number of hydrogen-bond acceptors (Lipinski definition) is 3. The van der Waals surface area contributed by atoms with Crippen LogP contribution in [0.3, 0.4) is 0 Å². The number of fused-ring (bicyclic) bond motifs is 1. The number of thiocarbonyl (C=S) groups is 1. The van der Waals surface area contributed by atoms with Gasteiger partial charge < -0.3 is 15.5 Å². The van der Waals surface area contributed by atoms with Gasteiger partial charge in [-0.05, 0) is 53.5 Å². The van der Waals surface area contributed by atoms with Gasteiger partial charge in [-0.3, -0.25) is 0 Å². The van der Waals surface area contributed by atoms with E-state index < -0.39 is 0 Å². The molecule has 3 aromatic rings.